The summed E-state index contributed by atoms with van der Waals surface area (Å²) in [5.74, 6) is 0. The summed E-state index contributed by atoms with van der Waals surface area (Å²) in [6.07, 6.45) is 1.11. The van der Waals surface area contributed by atoms with Gasteiger partial charge in [-0.2, -0.15) is 5.26 Å². The van der Waals surface area contributed by atoms with Crippen LogP contribution in [0.25, 0.3) is 0 Å². The van der Waals surface area contributed by atoms with Gasteiger partial charge in [-0.25, -0.2) is 0 Å². The number of hydrogen-bond acceptors (Lipinski definition) is 3. The van der Waals surface area contributed by atoms with Crippen molar-refractivity contribution in [3.8, 4) is 6.07 Å². The maximum Gasteiger partial charge on any atom is 0.123 e. The first kappa shape index (κ1) is 12.6. The summed E-state index contributed by atoms with van der Waals surface area (Å²) in [5, 5.41) is 12.7. The number of nitriles is 1. The van der Waals surface area contributed by atoms with Crippen LogP contribution in [0.15, 0.2) is 28.7 Å². The van der Waals surface area contributed by atoms with Crippen LogP contribution in [0.3, 0.4) is 0 Å². The lowest BCUT2D eigenvalue weighted by molar-refractivity contribution is 0.252. The maximum absolute atomic E-state index is 9.37. The highest BCUT2D eigenvalue weighted by Gasteiger charge is 2.20. The van der Waals surface area contributed by atoms with Crippen molar-refractivity contribution in [1.82, 2.24) is 10.2 Å². The fraction of sp³-hybridized carbons (Fsp3) is 0.462. The molecular weight excluding hydrogens is 278 g/mol. The molecule has 0 saturated carbocycles. The molecule has 0 aliphatic carbocycles. The van der Waals surface area contributed by atoms with Crippen molar-refractivity contribution in [2.75, 3.05) is 26.2 Å². The summed E-state index contributed by atoms with van der Waals surface area (Å²) < 4.78 is 1.05. The Morgan fingerprint density at radius 3 is 2.71 bits per heavy atom. The second-order valence-electron chi connectivity index (χ2n) is 4.22. The molecule has 0 aromatic heterocycles. The third-order valence-electron chi connectivity index (χ3n) is 3.05. The molecule has 1 N–H and O–H groups in total. The van der Waals surface area contributed by atoms with E-state index in [2.05, 4.69) is 32.2 Å². The van der Waals surface area contributed by atoms with E-state index in [4.69, 9.17) is 0 Å². The van der Waals surface area contributed by atoms with Gasteiger partial charge in [-0.1, -0.05) is 28.1 Å². The number of benzene rings is 1. The summed E-state index contributed by atoms with van der Waals surface area (Å²) >= 11 is 3.42. The molecule has 3 nitrogen and oxygen atoms in total. The van der Waals surface area contributed by atoms with Crippen LogP contribution in [0, 0.1) is 11.3 Å². The molecule has 1 saturated heterocycles. The van der Waals surface area contributed by atoms with Crippen molar-refractivity contribution in [3.63, 3.8) is 0 Å². The topological polar surface area (TPSA) is 39.1 Å². The van der Waals surface area contributed by atoms with E-state index < -0.39 is 0 Å². The second kappa shape index (κ2) is 6.15. The highest BCUT2D eigenvalue weighted by atomic mass is 79.9. The van der Waals surface area contributed by atoms with Gasteiger partial charge in [-0.15, -0.1) is 0 Å². The Balaban J connectivity index is 2.15. The standard InChI is InChI=1S/C13H16BrN3/c14-12-4-2-11(3-5-12)13(10-15)17-8-1-6-16-7-9-17/h2-5,13,16H,1,6-9H2. The van der Waals surface area contributed by atoms with Crippen molar-refractivity contribution in [3.05, 3.63) is 34.3 Å². The predicted molar refractivity (Wildman–Crippen MR) is 71.6 cm³/mol. The van der Waals surface area contributed by atoms with Crippen molar-refractivity contribution >= 4 is 15.9 Å². The lowest BCUT2D eigenvalue weighted by atomic mass is 10.1. The zero-order valence-corrected chi connectivity index (χ0v) is 11.3. The fourth-order valence-electron chi connectivity index (χ4n) is 2.14. The van der Waals surface area contributed by atoms with Crippen molar-refractivity contribution in [1.29, 1.82) is 5.26 Å². The lowest BCUT2D eigenvalue weighted by Crippen LogP contribution is -2.31. The SMILES string of the molecule is N#CC(c1ccc(Br)cc1)N1CCCNCC1. The molecule has 0 bridgehead atoms. The normalized spacial score (nSPS) is 19.3. The smallest absolute Gasteiger partial charge is 0.123 e. The number of hydrogen-bond donors (Lipinski definition) is 1. The quantitative estimate of drug-likeness (QED) is 0.909. The van der Waals surface area contributed by atoms with E-state index in [1.165, 1.54) is 0 Å². The van der Waals surface area contributed by atoms with E-state index in [1.54, 1.807) is 0 Å². The molecular formula is C13H16BrN3. The molecule has 0 spiro atoms. The van der Waals surface area contributed by atoms with Gasteiger partial charge in [0.15, 0.2) is 0 Å². The van der Waals surface area contributed by atoms with Gasteiger partial charge in [-0.3, -0.25) is 4.90 Å². The Morgan fingerprint density at radius 1 is 1.24 bits per heavy atom. The van der Waals surface area contributed by atoms with E-state index in [0.29, 0.717) is 0 Å². The van der Waals surface area contributed by atoms with Crippen molar-refractivity contribution in [2.24, 2.45) is 0 Å². The van der Waals surface area contributed by atoms with E-state index in [1.807, 2.05) is 24.3 Å². The summed E-state index contributed by atoms with van der Waals surface area (Å²) in [6, 6.07) is 10.3. The van der Waals surface area contributed by atoms with E-state index in [-0.39, 0.29) is 6.04 Å². The monoisotopic (exact) mass is 293 g/mol. The van der Waals surface area contributed by atoms with Gasteiger partial charge in [-0.05, 0) is 30.7 Å². The first-order valence-corrected chi connectivity index (χ1v) is 6.70. The molecule has 1 aromatic rings. The average Bonchev–Trinajstić information content (AvgIpc) is 2.62. The minimum absolute atomic E-state index is 0.122. The third-order valence-corrected chi connectivity index (χ3v) is 3.58. The molecule has 1 unspecified atom stereocenters. The molecule has 1 aliphatic rings. The summed E-state index contributed by atoms with van der Waals surface area (Å²) in [6.45, 7) is 3.94. The molecule has 1 fully saturated rings. The number of nitrogens with zero attached hydrogens (tertiary/aromatic N) is 2. The second-order valence-corrected chi connectivity index (χ2v) is 5.14. The summed E-state index contributed by atoms with van der Waals surface area (Å²) in [7, 11) is 0. The molecule has 1 aromatic carbocycles. The third kappa shape index (κ3) is 3.29. The van der Waals surface area contributed by atoms with Crippen LogP contribution in [0.4, 0.5) is 0 Å². The Bertz CT molecular complexity index is 388. The number of nitrogens with one attached hydrogen (secondary N) is 1. The lowest BCUT2D eigenvalue weighted by Gasteiger charge is -2.25. The van der Waals surface area contributed by atoms with Crippen LogP contribution in [-0.2, 0) is 0 Å². The van der Waals surface area contributed by atoms with Crippen LogP contribution in [0.2, 0.25) is 0 Å². The molecule has 1 aliphatic heterocycles. The van der Waals surface area contributed by atoms with Gasteiger partial charge in [0.25, 0.3) is 0 Å². The van der Waals surface area contributed by atoms with Gasteiger partial charge < -0.3 is 5.32 Å². The zero-order valence-electron chi connectivity index (χ0n) is 9.69. The van der Waals surface area contributed by atoms with Crippen LogP contribution in [0.5, 0.6) is 0 Å². The predicted octanol–water partition coefficient (Wildman–Crippen LogP) is 2.31. The molecule has 0 amide bonds. The van der Waals surface area contributed by atoms with Crippen molar-refractivity contribution in [2.45, 2.75) is 12.5 Å². The van der Waals surface area contributed by atoms with Gasteiger partial charge in [0.05, 0.1) is 6.07 Å². The highest BCUT2D eigenvalue weighted by molar-refractivity contribution is 9.10. The molecule has 2 rings (SSSR count). The first-order valence-electron chi connectivity index (χ1n) is 5.91. The molecule has 4 heteroatoms. The summed E-state index contributed by atoms with van der Waals surface area (Å²) in [4.78, 5) is 2.25. The Hall–Kier alpha value is -0.890. The molecule has 0 radical (unpaired) electrons. The molecule has 1 atom stereocenters. The maximum atomic E-state index is 9.37. The van der Waals surface area contributed by atoms with Gasteiger partial charge in [0.1, 0.15) is 6.04 Å². The minimum atomic E-state index is -0.122. The van der Waals surface area contributed by atoms with E-state index >= 15 is 0 Å². The number of rotatable bonds is 2. The van der Waals surface area contributed by atoms with Crippen molar-refractivity contribution < 1.29 is 0 Å². The van der Waals surface area contributed by atoms with Crippen LogP contribution in [-0.4, -0.2) is 31.1 Å². The molecule has 1 heterocycles. The molecule has 17 heavy (non-hydrogen) atoms. The Morgan fingerprint density at radius 2 is 2.00 bits per heavy atom. The van der Waals surface area contributed by atoms with Crippen LogP contribution >= 0.6 is 15.9 Å². The van der Waals surface area contributed by atoms with Crippen LogP contribution in [0.1, 0.15) is 18.0 Å². The van der Waals surface area contributed by atoms with Gasteiger partial charge >= 0.3 is 0 Å². The largest absolute Gasteiger partial charge is 0.315 e. The highest BCUT2D eigenvalue weighted by Crippen LogP contribution is 2.22. The fourth-order valence-corrected chi connectivity index (χ4v) is 2.40. The number of halogens is 1. The summed E-state index contributed by atoms with van der Waals surface area (Å²) in [5.41, 5.74) is 1.08. The van der Waals surface area contributed by atoms with E-state index in [0.717, 1.165) is 42.6 Å². The Kier molecular flexibility index (Phi) is 4.55. The minimum Gasteiger partial charge on any atom is -0.315 e. The first-order chi connectivity index (χ1) is 8.31. The zero-order chi connectivity index (χ0) is 12.1. The Labute approximate surface area is 111 Å². The van der Waals surface area contributed by atoms with Gasteiger partial charge in [0.2, 0.25) is 0 Å². The van der Waals surface area contributed by atoms with E-state index in [9.17, 15) is 5.26 Å². The average molecular weight is 294 g/mol. The van der Waals surface area contributed by atoms with Gasteiger partial charge in [0, 0.05) is 24.1 Å². The van der Waals surface area contributed by atoms with Crippen LogP contribution < -0.4 is 5.32 Å². The molecule has 90 valence electrons.